The lowest BCUT2D eigenvalue weighted by Gasteiger charge is -2.24. The van der Waals surface area contributed by atoms with Gasteiger partial charge in [-0.1, -0.05) is 12.1 Å². The first-order valence-electron chi connectivity index (χ1n) is 7.57. The molecule has 0 fully saturated rings. The van der Waals surface area contributed by atoms with Crippen molar-refractivity contribution in [2.75, 3.05) is 5.32 Å². The lowest BCUT2D eigenvalue weighted by atomic mass is 10.1. The number of aliphatic hydroxyl groups is 1. The number of amides is 1. The molecular formula is C17H19N3O5. The second-order valence-electron chi connectivity index (χ2n) is 6.08. The predicted molar refractivity (Wildman–Crippen MR) is 92.5 cm³/mol. The van der Waals surface area contributed by atoms with Crippen molar-refractivity contribution < 1.29 is 14.8 Å². The summed E-state index contributed by atoms with van der Waals surface area (Å²) in [6.07, 6.45) is 0. The highest BCUT2D eigenvalue weighted by molar-refractivity contribution is 5.97. The van der Waals surface area contributed by atoms with E-state index in [0.29, 0.717) is 11.3 Å². The number of carbonyl (C=O) groups excluding carboxylic acids is 1. The second kappa shape index (κ2) is 6.86. The maximum Gasteiger partial charge on any atom is 0.274 e. The smallest absolute Gasteiger partial charge is 0.274 e. The molecule has 0 saturated carbocycles. The van der Waals surface area contributed by atoms with E-state index in [1.54, 1.807) is 26.0 Å². The van der Waals surface area contributed by atoms with E-state index in [0.717, 1.165) is 0 Å². The Hall–Kier alpha value is -3.00. The minimum Gasteiger partial charge on any atom is -0.378 e. The predicted octanol–water partition coefficient (Wildman–Crippen LogP) is 1.76. The van der Waals surface area contributed by atoms with Crippen LogP contribution in [0.2, 0.25) is 0 Å². The van der Waals surface area contributed by atoms with Crippen LogP contribution in [0.4, 0.5) is 11.4 Å². The molecule has 0 spiro atoms. The van der Waals surface area contributed by atoms with Gasteiger partial charge in [-0.05, 0) is 32.9 Å². The number of hydrogen-bond acceptors (Lipinski definition) is 5. The molecule has 0 aliphatic carbocycles. The summed E-state index contributed by atoms with van der Waals surface area (Å²) in [4.78, 5) is 34.7. The molecule has 0 aliphatic heterocycles. The Morgan fingerprint density at radius 2 is 2.00 bits per heavy atom. The first kappa shape index (κ1) is 18.3. The maximum atomic E-state index is 12.4. The van der Waals surface area contributed by atoms with Gasteiger partial charge < -0.3 is 15.0 Å². The van der Waals surface area contributed by atoms with E-state index in [2.05, 4.69) is 5.32 Å². The normalized spacial score (nSPS) is 13.1. The van der Waals surface area contributed by atoms with Crippen LogP contribution in [0.15, 0.2) is 41.2 Å². The van der Waals surface area contributed by atoms with Crippen LogP contribution in [0, 0.1) is 24.0 Å². The SMILES string of the molecule is Cc1ccc(NC(=O)[C@](C)(O)Cn2c(C)cccc2=O)cc1[N+](=O)[O-]. The molecule has 1 amide bonds. The lowest BCUT2D eigenvalue weighted by molar-refractivity contribution is -0.385. The third-order valence-corrected chi connectivity index (χ3v) is 3.89. The Bertz CT molecular complexity index is 886. The number of nitrogens with one attached hydrogen (secondary N) is 1. The molecule has 0 saturated heterocycles. The summed E-state index contributed by atoms with van der Waals surface area (Å²) in [5, 5.41) is 23.9. The quantitative estimate of drug-likeness (QED) is 0.633. The maximum absolute atomic E-state index is 12.4. The van der Waals surface area contributed by atoms with Crippen LogP contribution in [0.5, 0.6) is 0 Å². The molecule has 2 aromatic rings. The Labute approximate surface area is 143 Å². The Balaban J connectivity index is 2.23. The van der Waals surface area contributed by atoms with Crippen LogP contribution in [-0.4, -0.2) is 26.1 Å². The van der Waals surface area contributed by atoms with E-state index < -0.39 is 16.4 Å². The first-order chi connectivity index (χ1) is 11.6. The van der Waals surface area contributed by atoms with Crippen LogP contribution in [0.3, 0.4) is 0 Å². The number of benzene rings is 1. The average molecular weight is 345 g/mol. The average Bonchev–Trinajstić information content (AvgIpc) is 2.52. The molecule has 2 rings (SSSR count). The largest absolute Gasteiger partial charge is 0.378 e. The van der Waals surface area contributed by atoms with Gasteiger partial charge in [-0.2, -0.15) is 0 Å². The van der Waals surface area contributed by atoms with Gasteiger partial charge >= 0.3 is 0 Å². The van der Waals surface area contributed by atoms with E-state index in [1.165, 1.54) is 35.8 Å². The van der Waals surface area contributed by atoms with Gasteiger partial charge in [-0.3, -0.25) is 19.7 Å². The number of nitro groups is 1. The number of hydrogen-bond donors (Lipinski definition) is 2. The monoisotopic (exact) mass is 345 g/mol. The van der Waals surface area contributed by atoms with Crippen molar-refractivity contribution in [2.24, 2.45) is 0 Å². The zero-order valence-electron chi connectivity index (χ0n) is 14.1. The number of anilines is 1. The summed E-state index contributed by atoms with van der Waals surface area (Å²) >= 11 is 0. The van der Waals surface area contributed by atoms with Gasteiger partial charge in [0.25, 0.3) is 17.2 Å². The molecule has 0 bridgehead atoms. The van der Waals surface area contributed by atoms with Crippen molar-refractivity contribution >= 4 is 17.3 Å². The first-order valence-corrected chi connectivity index (χ1v) is 7.57. The molecule has 2 N–H and O–H groups in total. The number of aromatic nitrogens is 1. The van der Waals surface area contributed by atoms with Gasteiger partial charge in [0.15, 0.2) is 5.60 Å². The number of pyridine rings is 1. The molecule has 8 heteroatoms. The summed E-state index contributed by atoms with van der Waals surface area (Å²) < 4.78 is 1.29. The summed E-state index contributed by atoms with van der Waals surface area (Å²) in [7, 11) is 0. The number of rotatable bonds is 5. The van der Waals surface area contributed by atoms with Crippen LogP contribution in [-0.2, 0) is 11.3 Å². The van der Waals surface area contributed by atoms with Gasteiger partial charge in [0.05, 0.1) is 11.5 Å². The van der Waals surface area contributed by atoms with E-state index >= 15 is 0 Å². The zero-order valence-corrected chi connectivity index (χ0v) is 14.1. The minimum atomic E-state index is -1.88. The zero-order chi connectivity index (χ0) is 18.8. The van der Waals surface area contributed by atoms with E-state index in [9.17, 15) is 24.8 Å². The standard InChI is InChI=1S/C17H19N3O5/c1-11-7-8-13(9-14(11)20(24)25)18-16(22)17(3,23)10-19-12(2)5-4-6-15(19)21/h4-9,23H,10H2,1-3H3,(H,18,22)/t17-/m1/s1. The lowest BCUT2D eigenvalue weighted by Crippen LogP contribution is -2.46. The Morgan fingerprint density at radius 3 is 2.60 bits per heavy atom. The Morgan fingerprint density at radius 1 is 1.32 bits per heavy atom. The van der Waals surface area contributed by atoms with E-state index in [4.69, 9.17) is 0 Å². The van der Waals surface area contributed by atoms with E-state index in [1.807, 2.05) is 0 Å². The van der Waals surface area contributed by atoms with Crippen molar-refractivity contribution in [3.05, 3.63) is 68.1 Å². The summed E-state index contributed by atoms with van der Waals surface area (Å²) in [6.45, 7) is 4.32. The molecular weight excluding hydrogens is 326 g/mol. The highest BCUT2D eigenvalue weighted by Gasteiger charge is 2.32. The number of nitro benzene ring substituents is 1. The molecule has 132 valence electrons. The molecule has 0 radical (unpaired) electrons. The van der Waals surface area contributed by atoms with Gasteiger partial charge in [0.2, 0.25) is 0 Å². The molecule has 1 aromatic heterocycles. The number of aryl methyl sites for hydroxylation is 2. The molecule has 0 unspecified atom stereocenters. The molecule has 1 atom stereocenters. The molecule has 1 heterocycles. The highest BCUT2D eigenvalue weighted by atomic mass is 16.6. The second-order valence-corrected chi connectivity index (χ2v) is 6.08. The van der Waals surface area contributed by atoms with Crippen molar-refractivity contribution in [3.8, 4) is 0 Å². The fourth-order valence-electron chi connectivity index (χ4n) is 2.36. The molecule has 0 aliphatic rings. The third-order valence-electron chi connectivity index (χ3n) is 3.89. The molecule has 1 aromatic carbocycles. The number of nitrogens with zero attached hydrogens (tertiary/aromatic N) is 2. The summed E-state index contributed by atoms with van der Waals surface area (Å²) in [6, 6.07) is 8.87. The van der Waals surface area contributed by atoms with Gasteiger partial charge in [-0.25, -0.2) is 0 Å². The van der Waals surface area contributed by atoms with Crippen LogP contribution in [0.1, 0.15) is 18.2 Å². The van der Waals surface area contributed by atoms with Crippen LogP contribution >= 0.6 is 0 Å². The van der Waals surface area contributed by atoms with Gasteiger partial charge in [0.1, 0.15) is 0 Å². The summed E-state index contributed by atoms with van der Waals surface area (Å²) in [5.41, 5.74) is -1.09. The fraction of sp³-hybridized carbons (Fsp3) is 0.294. The third kappa shape index (κ3) is 4.10. The molecule has 25 heavy (non-hydrogen) atoms. The summed E-state index contributed by atoms with van der Waals surface area (Å²) in [5.74, 6) is -0.763. The fourth-order valence-corrected chi connectivity index (χ4v) is 2.36. The van der Waals surface area contributed by atoms with Crippen LogP contribution < -0.4 is 10.9 Å². The van der Waals surface area contributed by atoms with Gasteiger partial charge in [0, 0.05) is 29.1 Å². The van der Waals surface area contributed by atoms with Gasteiger partial charge in [-0.15, -0.1) is 0 Å². The minimum absolute atomic E-state index is 0.132. The Kier molecular flexibility index (Phi) is 5.03. The highest BCUT2D eigenvalue weighted by Crippen LogP contribution is 2.23. The van der Waals surface area contributed by atoms with Crippen molar-refractivity contribution in [2.45, 2.75) is 32.9 Å². The van der Waals surface area contributed by atoms with E-state index in [-0.39, 0.29) is 23.5 Å². The topological polar surface area (TPSA) is 114 Å². The molecule has 8 nitrogen and oxygen atoms in total. The van der Waals surface area contributed by atoms with Crippen LogP contribution in [0.25, 0.3) is 0 Å². The van der Waals surface area contributed by atoms with Crippen molar-refractivity contribution in [3.63, 3.8) is 0 Å². The number of carbonyl (C=O) groups is 1. The van der Waals surface area contributed by atoms with Crippen molar-refractivity contribution in [1.82, 2.24) is 4.57 Å². The van der Waals surface area contributed by atoms with Crippen molar-refractivity contribution in [1.29, 1.82) is 0 Å².